The minimum absolute atomic E-state index is 0.768. The van der Waals surface area contributed by atoms with E-state index in [4.69, 9.17) is 0 Å². The lowest BCUT2D eigenvalue weighted by Crippen LogP contribution is -1.71. The van der Waals surface area contributed by atoms with Gasteiger partial charge in [-0.15, -0.1) is 6.58 Å². The molecule has 0 aromatic heterocycles. The zero-order chi connectivity index (χ0) is 7.82. The lowest BCUT2D eigenvalue weighted by atomic mass is 10.2. The first-order valence-corrected chi connectivity index (χ1v) is 3.25. The van der Waals surface area contributed by atoms with Crippen molar-refractivity contribution in [1.82, 2.24) is 0 Å². The van der Waals surface area contributed by atoms with E-state index in [-0.39, 0.29) is 0 Å². The van der Waals surface area contributed by atoms with Gasteiger partial charge in [-0.1, -0.05) is 18.7 Å². The molecule has 0 aliphatic heterocycles. The number of hydrogen-bond acceptors (Lipinski definition) is 2. The van der Waals surface area contributed by atoms with Gasteiger partial charge in [-0.2, -0.15) is 0 Å². The summed E-state index contributed by atoms with van der Waals surface area (Å²) < 4.78 is 0. The summed E-state index contributed by atoms with van der Waals surface area (Å²) in [5.74, 6) is 0. The Morgan fingerprint density at radius 2 is 2.30 bits per heavy atom. The van der Waals surface area contributed by atoms with Gasteiger partial charge < -0.3 is 0 Å². The Morgan fingerprint density at radius 1 is 1.60 bits per heavy atom. The molecular formula is C8H9NS. The average Bonchev–Trinajstić information content (AvgIpc) is 1.98. The van der Waals surface area contributed by atoms with Gasteiger partial charge in [0.1, 0.15) is 0 Å². The summed E-state index contributed by atoms with van der Waals surface area (Å²) in [6.07, 6.45) is 5.90. The number of nitrogens with zero attached hydrogens (tertiary/aromatic N) is 1. The van der Waals surface area contributed by atoms with Crippen LogP contribution in [0.4, 0.5) is 0 Å². The molecule has 0 aliphatic rings. The maximum atomic E-state index is 4.38. The highest BCUT2D eigenvalue weighted by molar-refractivity contribution is 7.78. The highest BCUT2D eigenvalue weighted by Crippen LogP contribution is 2.01. The maximum absolute atomic E-state index is 4.38. The molecular weight excluding hydrogens is 142 g/mol. The third-order valence-electron chi connectivity index (χ3n) is 0.925. The van der Waals surface area contributed by atoms with E-state index >= 15 is 0 Å². The average molecular weight is 151 g/mol. The molecule has 0 radical (unpaired) electrons. The van der Waals surface area contributed by atoms with Gasteiger partial charge in [0.05, 0.1) is 5.16 Å². The lowest BCUT2D eigenvalue weighted by molar-refractivity contribution is 1.27. The minimum Gasteiger partial charge on any atom is -0.202 e. The number of rotatable bonds is 4. The highest BCUT2D eigenvalue weighted by atomic mass is 32.1. The summed E-state index contributed by atoms with van der Waals surface area (Å²) in [7, 11) is 0. The number of thiocarbonyl (C=S) groups is 1. The molecule has 0 aromatic rings. The van der Waals surface area contributed by atoms with Crippen LogP contribution in [0.2, 0.25) is 0 Å². The van der Waals surface area contributed by atoms with E-state index in [0.717, 1.165) is 12.0 Å². The summed E-state index contributed by atoms with van der Waals surface area (Å²) in [5.41, 5.74) is 0.993. The number of aliphatic imine (C=N–C) groups is 1. The van der Waals surface area contributed by atoms with E-state index in [1.165, 1.54) is 0 Å². The summed E-state index contributed by atoms with van der Waals surface area (Å²) in [6.45, 7) is 7.17. The third-order valence-corrected chi connectivity index (χ3v) is 1.03. The summed E-state index contributed by atoms with van der Waals surface area (Å²) >= 11 is 4.38. The molecule has 0 heterocycles. The number of isothiocyanates is 1. The van der Waals surface area contributed by atoms with Crippen LogP contribution in [0, 0.1) is 0 Å². The van der Waals surface area contributed by atoms with Crippen molar-refractivity contribution in [3.63, 3.8) is 0 Å². The molecule has 0 saturated carbocycles. The largest absolute Gasteiger partial charge is 0.202 e. The maximum Gasteiger partial charge on any atom is 0.0634 e. The summed E-state index contributed by atoms with van der Waals surface area (Å²) in [6, 6.07) is 0. The molecule has 1 nitrogen and oxygen atoms in total. The Kier molecular flexibility index (Phi) is 5.54. The molecule has 0 spiro atoms. The Balaban J connectivity index is 4.15. The molecule has 0 bridgehead atoms. The molecule has 0 saturated heterocycles. The number of allylic oxidation sites excluding steroid dienone is 3. The molecule has 0 amide bonds. The van der Waals surface area contributed by atoms with Crippen LogP contribution in [-0.2, 0) is 0 Å². The predicted octanol–water partition coefficient (Wildman–Crippen LogP) is 2.74. The Hall–Kier alpha value is -0.980. The molecule has 0 rings (SSSR count). The molecule has 10 heavy (non-hydrogen) atoms. The zero-order valence-electron chi connectivity index (χ0n) is 5.71. The van der Waals surface area contributed by atoms with E-state index < -0.39 is 0 Å². The van der Waals surface area contributed by atoms with Crippen LogP contribution in [0.1, 0.15) is 6.42 Å². The first-order chi connectivity index (χ1) is 4.85. The molecule has 0 atom stereocenters. The monoisotopic (exact) mass is 151 g/mol. The van der Waals surface area contributed by atoms with Crippen molar-refractivity contribution < 1.29 is 0 Å². The van der Waals surface area contributed by atoms with Crippen molar-refractivity contribution in [2.24, 2.45) is 4.99 Å². The second-order valence-electron chi connectivity index (χ2n) is 1.62. The smallest absolute Gasteiger partial charge is 0.0634 e. The quantitative estimate of drug-likeness (QED) is 0.260. The van der Waals surface area contributed by atoms with E-state index in [1.807, 2.05) is 0 Å². The Bertz CT molecular complexity index is 197. The zero-order valence-corrected chi connectivity index (χ0v) is 6.53. The van der Waals surface area contributed by atoms with Gasteiger partial charge >= 0.3 is 0 Å². The van der Waals surface area contributed by atoms with Gasteiger partial charge in [0.2, 0.25) is 0 Å². The van der Waals surface area contributed by atoms with Crippen molar-refractivity contribution in [1.29, 1.82) is 0 Å². The molecule has 2 heteroatoms. The SMILES string of the molecule is C=CC/C(C=C)=C/N=C=S. The van der Waals surface area contributed by atoms with Gasteiger partial charge in [0.15, 0.2) is 0 Å². The Labute approximate surface area is 66.5 Å². The second kappa shape index (κ2) is 6.14. The standard InChI is InChI=1S/C8H9NS/c1-3-5-8(4-2)6-9-7-10/h3-4,6H,1-2,5H2/b8-6+. The van der Waals surface area contributed by atoms with Crippen molar-refractivity contribution in [2.75, 3.05) is 0 Å². The molecule has 0 aliphatic carbocycles. The third kappa shape index (κ3) is 3.96. The van der Waals surface area contributed by atoms with Crippen LogP contribution >= 0.6 is 12.2 Å². The fraction of sp³-hybridized carbons (Fsp3) is 0.125. The second-order valence-corrected chi connectivity index (χ2v) is 1.80. The van der Waals surface area contributed by atoms with Crippen LogP contribution in [0.25, 0.3) is 0 Å². The summed E-state index contributed by atoms with van der Waals surface area (Å²) in [5, 5.41) is 2.24. The molecule has 0 fully saturated rings. The number of hydrogen-bond donors (Lipinski definition) is 0. The van der Waals surface area contributed by atoms with Gasteiger partial charge in [-0.05, 0) is 24.2 Å². The van der Waals surface area contributed by atoms with Crippen LogP contribution in [0.3, 0.4) is 0 Å². The first-order valence-electron chi connectivity index (χ1n) is 2.84. The van der Waals surface area contributed by atoms with Crippen LogP contribution in [0.5, 0.6) is 0 Å². The molecule has 0 N–H and O–H groups in total. The topological polar surface area (TPSA) is 12.4 Å². The molecule has 52 valence electrons. The Morgan fingerprint density at radius 3 is 2.70 bits per heavy atom. The molecule has 0 aromatic carbocycles. The lowest BCUT2D eigenvalue weighted by Gasteiger charge is -1.89. The van der Waals surface area contributed by atoms with E-state index in [2.05, 4.69) is 35.5 Å². The first kappa shape index (κ1) is 9.02. The van der Waals surface area contributed by atoms with Crippen LogP contribution in [-0.4, -0.2) is 5.16 Å². The van der Waals surface area contributed by atoms with Crippen molar-refractivity contribution in [3.05, 3.63) is 37.1 Å². The fourth-order valence-corrected chi connectivity index (χ4v) is 0.517. The van der Waals surface area contributed by atoms with Crippen molar-refractivity contribution in [3.8, 4) is 0 Å². The van der Waals surface area contributed by atoms with Gasteiger partial charge in [0.25, 0.3) is 0 Å². The van der Waals surface area contributed by atoms with Gasteiger partial charge in [0, 0.05) is 6.20 Å². The minimum atomic E-state index is 0.768. The van der Waals surface area contributed by atoms with E-state index in [0.29, 0.717) is 0 Å². The fourth-order valence-electron chi connectivity index (χ4n) is 0.465. The summed E-state index contributed by atoms with van der Waals surface area (Å²) in [4.78, 5) is 3.65. The predicted molar refractivity (Wildman–Crippen MR) is 48.1 cm³/mol. The van der Waals surface area contributed by atoms with Crippen molar-refractivity contribution >= 4 is 17.4 Å². The molecule has 0 unspecified atom stereocenters. The van der Waals surface area contributed by atoms with Gasteiger partial charge in [-0.25, -0.2) is 4.99 Å². The van der Waals surface area contributed by atoms with Gasteiger partial charge in [-0.3, -0.25) is 0 Å². The van der Waals surface area contributed by atoms with E-state index in [1.54, 1.807) is 18.4 Å². The normalized spacial score (nSPS) is 9.80. The van der Waals surface area contributed by atoms with Crippen LogP contribution < -0.4 is 0 Å². The van der Waals surface area contributed by atoms with E-state index in [9.17, 15) is 0 Å². The highest BCUT2D eigenvalue weighted by Gasteiger charge is 1.83. The van der Waals surface area contributed by atoms with Crippen LogP contribution in [0.15, 0.2) is 42.1 Å². The van der Waals surface area contributed by atoms with Crippen molar-refractivity contribution in [2.45, 2.75) is 6.42 Å².